The van der Waals surface area contributed by atoms with Crippen molar-refractivity contribution in [3.63, 3.8) is 0 Å². The van der Waals surface area contributed by atoms with E-state index < -0.39 is 0 Å². The normalized spacial score (nSPS) is 18.2. The summed E-state index contributed by atoms with van der Waals surface area (Å²) in [5.41, 5.74) is 1.37. The van der Waals surface area contributed by atoms with E-state index in [2.05, 4.69) is 59.3 Å². The monoisotopic (exact) mass is 275 g/mol. The average molecular weight is 275 g/mol. The molecule has 3 nitrogen and oxygen atoms in total. The Balaban J connectivity index is 1.67. The van der Waals surface area contributed by atoms with Gasteiger partial charge in [0.25, 0.3) is 0 Å². The van der Waals surface area contributed by atoms with Crippen molar-refractivity contribution in [2.24, 2.45) is 0 Å². The quantitative estimate of drug-likeness (QED) is 0.825. The Kier molecular flexibility index (Phi) is 6.34. The molecule has 1 atom stereocenters. The molecule has 1 saturated heterocycles. The molecule has 1 unspecified atom stereocenters. The number of hydrogen-bond acceptors (Lipinski definition) is 3. The fourth-order valence-electron chi connectivity index (χ4n) is 2.74. The van der Waals surface area contributed by atoms with Crippen molar-refractivity contribution in [1.29, 1.82) is 0 Å². The molecule has 3 heteroatoms. The first kappa shape index (κ1) is 15.3. The zero-order valence-corrected chi connectivity index (χ0v) is 13.0. The predicted octanol–water partition coefficient (Wildman–Crippen LogP) is 2.59. The maximum Gasteiger partial charge on any atom is 0.0367 e. The molecule has 0 radical (unpaired) electrons. The van der Waals surface area contributed by atoms with E-state index >= 15 is 0 Å². The first-order valence-electron chi connectivity index (χ1n) is 8.05. The number of rotatable bonds is 7. The molecule has 1 fully saturated rings. The highest BCUT2D eigenvalue weighted by molar-refractivity contribution is 5.46. The first-order valence-corrected chi connectivity index (χ1v) is 8.05. The van der Waals surface area contributed by atoms with Crippen LogP contribution >= 0.6 is 0 Å². The molecule has 0 aromatic heterocycles. The largest absolute Gasteiger partial charge is 0.369 e. The second-order valence-corrected chi connectivity index (χ2v) is 5.81. The summed E-state index contributed by atoms with van der Waals surface area (Å²) in [6, 6.07) is 11.4. The molecule has 0 amide bonds. The fourth-order valence-corrected chi connectivity index (χ4v) is 2.74. The highest BCUT2D eigenvalue weighted by Gasteiger charge is 2.17. The highest BCUT2D eigenvalue weighted by Crippen LogP contribution is 2.15. The average Bonchev–Trinajstić information content (AvgIpc) is 2.52. The van der Waals surface area contributed by atoms with Crippen molar-refractivity contribution >= 4 is 5.69 Å². The van der Waals surface area contributed by atoms with Gasteiger partial charge >= 0.3 is 0 Å². The van der Waals surface area contributed by atoms with Crippen molar-refractivity contribution in [3.8, 4) is 0 Å². The SMILES string of the molecule is CCCNC(C)CCN1CCN(c2ccccc2)CC1. The third-order valence-corrected chi connectivity index (χ3v) is 4.11. The second kappa shape index (κ2) is 8.28. The fraction of sp³-hybridized carbons (Fsp3) is 0.647. The molecule has 1 aliphatic rings. The summed E-state index contributed by atoms with van der Waals surface area (Å²) in [6.07, 6.45) is 2.48. The number of nitrogens with one attached hydrogen (secondary N) is 1. The van der Waals surface area contributed by atoms with E-state index in [1.165, 1.54) is 38.2 Å². The van der Waals surface area contributed by atoms with Crippen LogP contribution in [0.1, 0.15) is 26.7 Å². The zero-order chi connectivity index (χ0) is 14.2. The van der Waals surface area contributed by atoms with E-state index in [9.17, 15) is 0 Å². The summed E-state index contributed by atoms with van der Waals surface area (Å²) in [6.45, 7) is 11.6. The number of para-hydroxylation sites is 1. The van der Waals surface area contributed by atoms with E-state index in [4.69, 9.17) is 0 Å². The van der Waals surface area contributed by atoms with Gasteiger partial charge in [-0.05, 0) is 45.0 Å². The molecule has 1 aliphatic heterocycles. The minimum absolute atomic E-state index is 0.641. The molecule has 0 bridgehead atoms. The van der Waals surface area contributed by atoms with Gasteiger partial charge in [0.1, 0.15) is 0 Å². The Morgan fingerprint density at radius 3 is 2.45 bits per heavy atom. The van der Waals surface area contributed by atoms with Crippen molar-refractivity contribution in [2.75, 3.05) is 44.2 Å². The third kappa shape index (κ3) is 4.80. The van der Waals surface area contributed by atoms with E-state index in [0.29, 0.717) is 6.04 Å². The van der Waals surface area contributed by atoms with E-state index in [-0.39, 0.29) is 0 Å². The standard InChI is InChI=1S/C17H29N3/c1-3-10-18-16(2)9-11-19-12-14-20(15-13-19)17-7-5-4-6-8-17/h4-8,16,18H,3,9-15H2,1-2H3. The number of piperazine rings is 1. The second-order valence-electron chi connectivity index (χ2n) is 5.81. The summed E-state index contributed by atoms with van der Waals surface area (Å²) < 4.78 is 0. The van der Waals surface area contributed by atoms with Gasteiger partial charge in [-0.3, -0.25) is 4.90 Å². The predicted molar refractivity (Wildman–Crippen MR) is 87.5 cm³/mol. The van der Waals surface area contributed by atoms with Gasteiger partial charge in [0.05, 0.1) is 0 Å². The smallest absolute Gasteiger partial charge is 0.0367 e. The third-order valence-electron chi connectivity index (χ3n) is 4.11. The number of benzene rings is 1. The highest BCUT2D eigenvalue weighted by atomic mass is 15.3. The summed E-state index contributed by atoms with van der Waals surface area (Å²) in [5.74, 6) is 0. The van der Waals surface area contributed by atoms with Crippen LogP contribution in [0.5, 0.6) is 0 Å². The van der Waals surface area contributed by atoms with Crippen LogP contribution in [0.15, 0.2) is 30.3 Å². The van der Waals surface area contributed by atoms with Crippen molar-refractivity contribution < 1.29 is 0 Å². The van der Waals surface area contributed by atoms with Gasteiger partial charge in [0.2, 0.25) is 0 Å². The van der Waals surface area contributed by atoms with Crippen LogP contribution in [0.25, 0.3) is 0 Å². The lowest BCUT2D eigenvalue weighted by Gasteiger charge is -2.36. The minimum atomic E-state index is 0.641. The maximum absolute atomic E-state index is 3.57. The Hall–Kier alpha value is -1.06. The Morgan fingerprint density at radius 2 is 1.80 bits per heavy atom. The van der Waals surface area contributed by atoms with Crippen LogP contribution in [0.4, 0.5) is 5.69 Å². The van der Waals surface area contributed by atoms with E-state index in [0.717, 1.165) is 19.6 Å². The molecule has 0 spiro atoms. The van der Waals surface area contributed by atoms with Gasteiger partial charge in [-0.25, -0.2) is 0 Å². The molecule has 112 valence electrons. The van der Waals surface area contributed by atoms with E-state index in [1.807, 2.05) is 0 Å². The molecule has 0 aliphatic carbocycles. The number of nitrogens with zero attached hydrogens (tertiary/aromatic N) is 2. The Morgan fingerprint density at radius 1 is 1.10 bits per heavy atom. The van der Waals surface area contributed by atoms with Crippen LogP contribution in [-0.2, 0) is 0 Å². The van der Waals surface area contributed by atoms with Crippen LogP contribution < -0.4 is 10.2 Å². The lowest BCUT2D eigenvalue weighted by molar-refractivity contribution is 0.245. The molecule has 0 saturated carbocycles. The van der Waals surface area contributed by atoms with Crippen LogP contribution in [0, 0.1) is 0 Å². The van der Waals surface area contributed by atoms with Gasteiger partial charge in [-0.2, -0.15) is 0 Å². The maximum atomic E-state index is 3.57. The van der Waals surface area contributed by atoms with Crippen molar-refractivity contribution in [3.05, 3.63) is 30.3 Å². The van der Waals surface area contributed by atoms with Crippen LogP contribution in [0.2, 0.25) is 0 Å². The molecule has 1 heterocycles. The van der Waals surface area contributed by atoms with Gasteiger partial charge in [-0.15, -0.1) is 0 Å². The first-order chi connectivity index (χ1) is 9.79. The van der Waals surface area contributed by atoms with Crippen molar-refractivity contribution in [2.45, 2.75) is 32.7 Å². The van der Waals surface area contributed by atoms with Gasteiger partial charge in [0.15, 0.2) is 0 Å². The molecule has 20 heavy (non-hydrogen) atoms. The molecule has 1 N–H and O–H groups in total. The number of anilines is 1. The Labute approximate surface area is 124 Å². The molecule has 2 rings (SSSR count). The lowest BCUT2D eigenvalue weighted by Crippen LogP contribution is -2.47. The van der Waals surface area contributed by atoms with Crippen molar-refractivity contribution in [1.82, 2.24) is 10.2 Å². The molecular formula is C17H29N3. The Bertz CT molecular complexity index is 358. The van der Waals surface area contributed by atoms with Gasteiger partial charge in [0, 0.05) is 37.9 Å². The molecular weight excluding hydrogens is 246 g/mol. The lowest BCUT2D eigenvalue weighted by atomic mass is 10.2. The topological polar surface area (TPSA) is 18.5 Å². The zero-order valence-electron chi connectivity index (χ0n) is 13.0. The summed E-state index contributed by atoms with van der Waals surface area (Å²) >= 11 is 0. The minimum Gasteiger partial charge on any atom is -0.369 e. The molecule has 1 aromatic rings. The van der Waals surface area contributed by atoms with E-state index in [1.54, 1.807) is 0 Å². The number of hydrogen-bond donors (Lipinski definition) is 1. The summed E-state index contributed by atoms with van der Waals surface area (Å²) in [7, 11) is 0. The van der Waals surface area contributed by atoms with Gasteiger partial charge in [-0.1, -0.05) is 25.1 Å². The summed E-state index contributed by atoms with van der Waals surface area (Å²) in [5, 5.41) is 3.57. The summed E-state index contributed by atoms with van der Waals surface area (Å²) in [4.78, 5) is 5.10. The van der Waals surface area contributed by atoms with Crippen LogP contribution in [-0.4, -0.2) is 50.2 Å². The van der Waals surface area contributed by atoms with Crippen LogP contribution in [0.3, 0.4) is 0 Å². The van der Waals surface area contributed by atoms with Gasteiger partial charge < -0.3 is 10.2 Å². The molecule has 1 aromatic carbocycles.